The molecule has 0 aromatic heterocycles. The Balaban J connectivity index is 2.55. The molecular weight excluding hydrogens is 266 g/mol. The number of carbonyl (C=O) groups excluding carboxylic acids is 1. The normalized spacial score (nSPS) is 12.6. The minimum atomic E-state index is 0.0688. The number of nitrogens with one attached hydrogen (secondary N) is 1. The third-order valence-corrected chi connectivity index (χ3v) is 2.87. The van der Waals surface area contributed by atoms with Gasteiger partial charge < -0.3 is 5.32 Å². The Bertz CT molecular complexity index is 345. The summed E-state index contributed by atoms with van der Waals surface area (Å²) in [6.45, 7) is 6.09. The van der Waals surface area contributed by atoms with E-state index in [4.69, 9.17) is 0 Å². The molecule has 0 saturated carbocycles. The van der Waals surface area contributed by atoms with Crippen molar-refractivity contribution < 1.29 is 4.79 Å². The van der Waals surface area contributed by atoms with Crippen molar-refractivity contribution in [2.75, 3.05) is 0 Å². The van der Waals surface area contributed by atoms with E-state index in [1.54, 1.807) is 0 Å². The molecule has 1 N–H and O–H groups in total. The Labute approximate surface area is 106 Å². The molecule has 0 bridgehead atoms. The first-order valence-electron chi connectivity index (χ1n) is 5.54. The zero-order valence-electron chi connectivity index (χ0n) is 9.96. The summed E-state index contributed by atoms with van der Waals surface area (Å²) in [6.07, 6.45) is 0.584. The lowest BCUT2D eigenvalue weighted by atomic mass is 10.1. The highest BCUT2D eigenvalue weighted by molar-refractivity contribution is 9.10. The third kappa shape index (κ3) is 4.35. The Kier molecular flexibility index (Phi) is 5.00. The van der Waals surface area contributed by atoms with E-state index in [9.17, 15) is 4.79 Å². The van der Waals surface area contributed by atoms with E-state index < -0.39 is 0 Å². The van der Waals surface area contributed by atoms with Crippen LogP contribution in [0.1, 0.15) is 38.8 Å². The molecule has 0 aliphatic rings. The fourth-order valence-electron chi connectivity index (χ4n) is 1.51. The zero-order chi connectivity index (χ0) is 12.1. The topological polar surface area (TPSA) is 29.1 Å². The number of carbonyl (C=O) groups is 1. The first-order valence-corrected chi connectivity index (χ1v) is 6.33. The van der Waals surface area contributed by atoms with Crippen LogP contribution in [0.15, 0.2) is 28.7 Å². The second kappa shape index (κ2) is 6.04. The average molecular weight is 284 g/mol. The van der Waals surface area contributed by atoms with Crippen molar-refractivity contribution in [3.63, 3.8) is 0 Å². The van der Waals surface area contributed by atoms with E-state index in [0.717, 1.165) is 10.0 Å². The van der Waals surface area contributed by atoms with Crippen LogP contribution in [-0.2, 0) is 4.79 Å². The number of hydrogen-bond acceptors (Lipinski definition) is 1. The summed E-state index contributed by atoms with van der Waals surface area (Å²) in [5.74, 6) is 0.516. The molecule has 0 radical (unpaired) electrons. The summed E-state index contributed by atoms with van der Waals surface area (Å²) in [5, 5.41) is 2.99. The predicted octanol–water partition coefficient (Wildman–Crippen LogP) is 3.67. The van der Waals surface area contributed by atoms with E-state index in [-0.39, 0.29) is 11.9 Å². The Morgan fingerprint density at radius 1 is 1.25 bits per heavy atom. The summed E-state index contributed by atoms with van der Waals surface area (Å²) in [5.41, 5.74) is 1.13. The molecule has 0 fully saturated rings. The van der Waals surface area contributed by atoms with Crippen LogP contribution in [0.25, 0.3) is 0 Å². The van der Waals surface area contributed by atoms with E-state index in [1.807, 2.05) is 45.0 Å². The molecule has 88 valence electrons. The van der Waals surface area contributed by atoms with Gasteiger partial charge in [0.15, 0.2) is 0 Å². The Morgan fingerprint density at radius 3 is 2.31 bits per heavy atom. The quantitative estimate of drug-likeness (QED) is 0.898. The molecule has 0 saturated heterocycles. The first kappa shape index (κ1) is 13.2. The molecular formula is C13H18BrNO. The SMILES string of the molecule is CC(C)CC(=O)N[C@H](C)c1ccc(Br)cc1. The van der Waals surface area contributed by atoms with Gasteiger partial charge >= 0.3 is 0 Å². The molecule has 0 aliphatic carbocycles. The average Bonchev–Trinajstić information content (AvgIpc) is 2.16. The van der Waals surface area contributed by atoms with Crippen molar-refractivity contribution in [3.05, 3.63) is 34.3 Å². The summed E-state index contributed by atoms with van der Waals surface area (Å²) >= 11 is 3.39. The highest BCUT2D eigenvalue weighted by Gasteiger charge is 2.10. The fourth-order valence-corrected chi connectivity index (χ4v) is 1.77. The van der Waals surface area contributed by atoms with Gasteiger partial charge in [0.1, 0.15) is 0 Å². The van der Waals surface area contributed by atoms with Gasteiger partial charge in [-0.25, -0.2) is 0 Å². The highest BCUT2D eigenvalue weighted by Crippen LogP contribution is 2.16. The van der Waals surface area contributed by atoms with Crippen molar-refractivity contribution in [2.24, 2.45) is 5.92 Å². The third-order valence-electron chi connectivity index (χ3n) is 2.34. The Hall–Kier alpha value is -0.830. The van der Waals surface area contributed by atoms with Gasteiger partial charge in [0, 0.05) is 10.9 Å². The Morgan fingerprint density at radius 2 is 1.81 bits per heavy atom. The van der Waals surface area contributed by atoms with Gasteiger partial charge in [0.05, 0.1) is 6.04 Å². The molecule has 1 aromatic carbocycles. The van der Waals surface area contributed by atoms with Gasteiger partial charge in [0.2, 0.25) is 5.91 Å². The molecule has 0 unspecified atom stereocenters. The maximum Gasteiger partial charge on any atom is 0.220 e. The van der Waals surface area contributed by atoms with Crippen LogP contribution in [0.2, 0.25) is 0 Å². The standard InChI is InChI=1S/C13H18BrNO/c1-9(2)8-13(16)15-10(3)11-4-6-12(14)7-5-11/h4-7,9-10H,8H2,1-3H3,(H,15,16)/t10-/m1/s1. The molecule has 0 spiro atoms. The van der Waals surface area contributed by atoms with Crippen LogP contribution in [0.3, 0.4) is 0 Å². The number of halogens is 1. The molecule has 2 nitrogen and oxygen atoms in total. The van der Waals surface area contributed by atoms with Gasteiger partial charge in [0.25, 0.3) is 0 Å². The maximum absolute atomic E-state index is 11.6. The predicted molar refractivity (Wildman–Crippen MR) is 70.2 cm³/mol. The number of rotatable bonds is 4. The van der Waals surface area contributed by atoms with Crippen molar-refractivity contribution in [3.8, 4) is 0 Å². The molecule has 16 heavy (non-hydrogen) atoms. The van der Waals surface area contributed by atoms with Gasteiger partial charge in [-0.15, -0.1) is 0 Å². The fraction of sp³-hybridized carbons (Fsp3) is 0.462. The molecule has 1 rings (SSSR count). The lowest BCUT2D eigenvalue weighted by molar-refractivity contribution is -0.122. The largest absolute Gasteiger partial charge is 0.350 e. The minimum Gasteiger partial charge on any atom is -0.350 e. The van der Waals surface area contributed by atoms with Crippen molar-refractivity contribution in [2.45, 2.75) is 33.2 Å². The highest BCUT2D eigenvalue weighted by atomic mass is 79.9. The summed E-state index contributed by atoms with van der Waals surface area (Å²) < 4.78 is 1.05. The number of hydrogen-bond donors (Lipinski definition) is 1. The monoisotopic (exact) mass is 283 g/mol. The van der Waals surface area contributed by atoms with E-state index in [0.29, 0.717) is 12.3 Å². The van der Waals surface area contributed by atoms with E-state index in [2.05, 4.69) is 21.2 Å². The molecule has 1 atom stereocenters. The summed E-state index contributed by atoms with van der Waals surface area (Å²) in [6, 6.07) is 8.08. The van der Waals surface area contributed by atoms with Crippen LogP contribution in [0.4, 0.5) is 0 Å². The molecule has 0 heterocycles. The van der Waals surface area contributed by atoms with Crippen LogP contribution < -0.4 is 5.32 Å². The van der Waals surface area contributed by atoms with E-state index in [1.165, 1.54) is 0 Å². The van der Waals surface area contributed by atoms with Crippen molar-refractivity contribution in [1.29, 1.82) is 0 Å². The molecule has 1 aromatic rings. The molecule has 3 heteroatoms. The van der Waals surface area contributed by atoms with Crippen molar-refractivity contribution in [1.82, 2.24) is 5.32 Å². The minimum absolute atomic E-state index is 0.0688. The van der Waals surface area contributed by atoms with E-state index >= 15 is 0 Å². The molecule has 1 amide bonds. The zero-order valence-corrected chi connectivity index (χ0v) is 11.5. The lowest BCUT2D eigenvalue weighted by Crippen LogP contribution is -2.27. The van der Waals surface area contributed by atoms with Gasteiger partial charge in [-0.1, -0.05) is 41.9 Å². The molecule has 0 aliphatic heterocycles. The van der Waals surface area contributed by atoms with Gasteiger partial charge in [-0.05, 0) is 30.5 Å². The van der Waals surface area contributed by atoms with Gasteiger partial charge in [-0.3, -0.25) is 4.79 Å². The maximum atomic E-state index is 11.6. The summed E-state index contributed by atoms with van der Waals surface area (Å²) in [4.78, 5) is 11.6. The lowest BCUT2D eigenvalue weighted by Gasteiger charge is -2.15. The first-order chi connectivity index (χ1) is 7.49. The smallest absolute Gasteiger partial charge is 0.220 e. The van der Waals surface area contributed by atoms with Gasteiger partial charge in [-0.2, -0.15) is 0 Å². The second-order valence-corrected chi connectivity index (χ2v) is 5.35. The van der Waals surface area contributed by atoms with Crippen LogP contribution in [0, 0.1) is 5.92 Å². The number of benzene rings is 1. The summed E-state index contributed by atoms with van der Waals surface area (Å²) in [7, 11) is 0. The van der Waals surface area contributed by atoms with Crippen LogP contribution in [0.5, 0.6) is 0 Å². The second-order valence-electron chi connectivity index (χ2n) is 4.44. The number of amides is 1. The van der Waals surface area contributed by atoms with Crippen molar-refractivity contribution >= 4 is 21.8 Å². The van der Waals surface area contributed by atoms with Crippen LogP contribution >= 0.6 is 15.9 Å². The van der Waals surface area contributed by atoms with Crippen LogP contribution in [-0.4, -0.2) is 5.91 Å².